The van der Waals surface area contributed by atoms with Gasteiger partial charge < -0.3 is 15.5 Å². The standard InChI is InChI=1S/C7H10N4O4/c12-2-1-11-3-5(9-10-11)6(7(14)15)8-4-13/h3-4,6,12H,1-2H2,(H,8,13)(H,14,15). The van der Waals surface area contributed by atoms with Gasteiger partial charge in [-0.1, -0.05) is 5.21 Å². The number of rotatable bonds is 6. The van der Waals surface area contributed by atoms with E-state index in [0.29, 0.717) is 0 Å². The molecule has 82 valence electrons. The molecular weight excluding hydrogens is 204 g/mol. The molecule has 1 heterocycles. The maximum Gasteiger partial charge on any atom is 0.332 e. The molecule has 0 aromatic carbocycles. The van der Waals surface area contributed by atoms with Gasteiger partial charge in [-0.3, -0.25) is 4.79 Å². The average Bonchev–Trinajstić information content (AvgIpc) is 2.62. The molecule has 1 rings (SSSR count). The fourth-order valence-electron chi connectivity index (χ4n) is 1.01. The Hall–Kier alpha value is -1.96. The van der Waals surface area contributed by atoms with Gasteiger partial charge in [0, 0.05) is 0 Å². The first-order chi connectivity index (χ1) is 7.19. The number of hydrogen-bond acceptors (Lipinski definition) is 5. The second-order valence-corrected chi connectivity index (χ2v) is 2.69. The van der Waals surface area contributed by atoms with Gasteiger partial charge in [0.05, 0.1) is 19.3 Å². The van der Waals surface area contributed by atoms with Crippen molar-refractivity contribution < 1.29 is 19.8 Å². The van der Waals surface area contributed by atoms with Crippen LogP contribution in [0, 0.1) is 0 Å². The Balaban J connectivity index is 2.81. The quantitative estimate of drug-likeness (QED) is 0.478. The monoisotopic (exact) mass is 214 g/mol. The Labute approximate surface area is 84.5 Å². The normalized spacial score (nSPS) is 12.1. The molecule has 1 aromatic heterocycles. The van der Waals surface area contributed by atoms with E-state index in [1.807, 2.05) is 0 Å². The predicted octanol–water partition coefficient (Wildman–Crippen LogP) is -1.86. The summed E-state index contributed by atoms with van der Waals surface area (Å²) in [6.45, 7) is 0.0993. The lowest BCUT2D eigenvalue weighted by Gasteiger charge is -2.05. The molecule has 3 N–H and O–H groups in total. The number of aliphatic carboxylic acids is 1. The Morgan fingerprint density at radius 2 is 2.47 bits per heavy atom. The van der Waals surface area contributed by atoms with Crippen molar-refractivity contribution in [3.8, 4) is 0 Å². The first kappa shape index (κ1) is 11.1. The molecule has 0 bridgehead atoms. The summed E-state index contributed by atoms with van der Waals surface area (Å²) in [5.74, 6) is -1.22. The van der Waals surface area contributed by atoms with E-state index in [4.69, 9.17) is 10.2 Å². The number of nitrogens with zero attached hydrogens (tertiary/aromatic N) is 3. The molecule has 15 heavy (non-hydrogen) atoms. The van der Waals surface area contributed by atoms with Crippen LogP contribution in [0.3, 0.4) is 0 Å². The van der Waals surface area contributed by atoms with Crippen LogP contribution >= 0.6 is 0 Å². The highest BCUT2D eigenvalue weighted by atomic mass is 16.4. The van der Waals surface area contributed by atoms with E-state index in [1.54, 1.807) is 0 Å². The van der Waals surface area contributed by atoms with Gasteiger partial charge >= 0.3 is 5.97 Å². The third-order valence-electron chi connectivity index (χ3n) is 1.66. The smallest absolute Gasteiger partial charge is 0.332 e. The van der Waals surface area contributed by atoms with Crippen molar-refractivity contribution in [2.45, 2.75) is 12.6 Å². The fraction of sp³-hybridized carbons (Fsp3) is 0.429. The summed E-state index contributed by atoms with van der Waals surface area (Å²) in [4.78, 5) is 20.9. The van der Waals surface area contributed by atoms with Crippen LogP contribution < -0.4 is 5.32 Å². The molecule has 0 aliphatic heterocycles. The van der Waals surface area contributed by atoms with Gasteiger partial charge in [-0.25, -0.2) is 9.48 Å². The summed E-state index contributed by atoms with van der Waals surface area (Å²) in [6, 6.07) is -1.21. The van der Waals surface area contributed by atoms with Crippen LogP contribution in [0.1, 0.15) is 11.7 Å². The van der Waals surface area contributed by atoms with Crippen molar-refractivity contribution in [1.29, 1.82) is 0 Å². The number of carboxylic acids is 1. The number of aliphatic hydroxyl groups excluding tert-OH is 1. The molecule has 1 aromatic rings. The summed E-state index contributed by atoms with van der Waals surface area (Å²) >= 11 is 0. The minimum atomic E-state index is -1.22. The van der Waals surface area contributed by atoms with E-state index >= 15 is 0 Å². The van der Waals surface area contributed by atoms with Gasteiger partial charge in [0.15, 0.2) is 6.04 Å². The number of carboxylic acid groups (broad SMARTS) is 1. The Morgan fingerprint density at radius 3 is 3.00 bits per heavy atom. The maximum absolute atomic E-state index is 10.7. The topological polar surface area (TPSA) is 117 Å². The summed E-state index contributed by atoms with van der Waals surface area (Å²) in [6.07, 6.45) is 1.63. The van der Waals surface area contributed by atoms with E-state index in [1.165, 1.54) is 10.9 Å². The first-order valence-electron chi connectivity index (χ1n) is 4.12. The van der Waals surface area contributed by atoms with Gasteiger partial charge in [-0.05, 0) is 0 Å². The van der Waals surface area contributed by atoms with Gasteiger partial charge in [-0.2, -0.15) is 0 Å². The molecule has 8 heteroatoms. The second-order valence-electron chi connectivity index (χ2n) is 2.69. The molecule has 0 aliphatic carbocycles. The summed E-state index contributed by atoms with van der Waals surface area (Å²) in [5.41, 5.74) is 0.114. The number of amides is 1. The molecule has 0 radical (unpaired) electrons. The average molecular weight is 214 g/mol. The van der Waals surface area contributed by atoms with Crippen LogP contribution in [0.4, 0.5) is 0 Å². The first-order valence-corrected chi connectivity index (χ1v) is 4.12. The molecule has 0 fully saturated rings. The van der Waals surface area contributed by atoms with Gasteiger partial charge in [0.1, 0.15) is 5.69 Å². The lowest BCUT2D eigenvalue weighted by Crippen LogP contribution is -2.27. The summed E-state index contributed by atoms with van der Waals surface area (Å²) < 4.78 is 1.29. The van der Waals surface area contributed by atoms with Crippen LogP contribution in [0.25, 0.3) is 0 Å². The van der Waals surface area contributed by atoms with Crippen molar-refractivity contribution in [2.75, 3.05) is 6.61 Å². The van der Waals surface area contributed by atoms with Crippen molar-refractivity contribution in [1.82, 2.24) is 20.3 Å². The highest BCUT2D eigenvalue weighted by Gasteiger charge is 2.22. The van der Waals surface area contributed by atoms with Crippen molar-refractivity contribution in [2.24, 2.45) is 0 Å². The van der Waals surface area contributed by atoms with Crippen LogP contribution in [-0.2, 0) is 16.1 Å². The minimum Gasteiger partial charge on any atom is -0.479 e. The maximum atomic E-state index is 10.7. The highest BCUT2D eigenvalue weighted by molar-refractivity contribution is 5.77. The Morgan fingerprint density at radius 1 is 1.73 bits per heavy atom. The van der Waals surface area contributed by atoms with Crippen LogP contribution in [0.5, 0.6) is 0 Å². The number of aromatic nitrogens is 3. The zero-order chi connectivity index (χ0) is 11.3. The summed E-state index contributed by atoms with van der Waals surface area (Å²) in [7, 11) is 0. The number of nitrogens with one attached hydrogen (secondary N) is 1. The van der Waals surface area contributed by atoms with Crippen LogP contribution in [0.2, 0.25) is 0 Å². The van der Waals surface area contributed by atoms with Crippen LogP contribution in [0.15, 0.2) is 6.20 Å². The van der Waals surface area contributed by atoms with Crippen molar-refractivity contribution in [3.63, 3.8) is 0 Å². The van der Waals surface area contributed by atoms with Crippen molar-refractivity contribution in [3.05, 3.63) is 11.9 Å². The zero-order valence-electron chi connectivity index (χ0n) is 7.70. The molecule has 0 spiro atoms. The highest BCUT2D eigenvalue weighted by Crippen LogP contribution is 2.08. The number of carbonyl (C=O) groups excluding carboxylic acids is 1. The van der Waals surface area contributed by atoms with E-state index in [2.05, 4.69) is 15.6 Å². The Bertz CT molecular complexity index is 351. The van der Waals surface area contributed by atoms with E-state index in [9.17, 15) is 9.59 Å². The van der Waals surface area contributed by atoms with Gasteiger partial charge in [0.2, 0.25) is 6.41 Å². The molecule has 0 aliphatic rings. The predicted molar refractivity (Wildman–Crippen MR) is 46.7 cm³/mol. The van der Waals surface area contributed by atoms with E-state index in [0.717, 1.165) is 0 Å². The number of carbonyl (C=O) groups is 2. The van der Waals surface area contributed by atoms with Crippen LogP contribution in [-0.4, -0.2) is 44.2 Å². The molecular formula is C7H10N4O4. The molecule has 0 saturated carbocycles. The lowest BCUT2D eigenvalue weighted by atomic mass is 10.2. The van der Waals surface area contributed by atoms with Gasteiger partial charge in [-0.15, -0.1) is 5.10 Å². The number of hydrogen-bond donors (Lipinski definition) is 3. The molecule has 1 amide bonds. The second kappa shape index (κ2) is 5.05. The minimum absolute atomic E-state index is 0.114. The lowest BCUT2D eigenvalue weighted by molar-refractivity contribution is -0.140. The van der Waals surface area contributed by atoms with E-state index < -0.39 is 12.0 Å². The van der Waals surface area contributed by atoms with Crippen molar-refractivity contribution >= 4 is 12.4 Å². The number of aliphatic hydroxyl groups is 1. The third kappa shape index (κ3) is 2.74. The zero-order valence-corrected chi connectivity index (χ0v) is 7.70. The molecule has 1 atom stereocenters. The third-order valence-corrected chi connectivity index (χ3v) is 1.66. The SMILES string of the molecule is O=CNC(C(=O)O)c1cn(CCO)nn1. The molecule has 0 saturated heterocycles. The fourth-order valence-corrected chi connectivity index (χ4v) is 1.01. The van der Waals surface area contributed by atoms with Gasteiger partial charge in [0.25, 0.3) is 0 Å². The largest absolute Gasteiger partial charge is 0.479 e. The molecule has 8 nitrogen and oxygen atoms in total. The Kier molecular flexibility index (Phi) is 3.75. The molecule has 1 unspecified atom stereocenters. The summed E-state index contributed by atoms with van der Waals surface area (Å²) in [5, 5.41) is 26.6. The van der Waals surface area contributed by atoms with E-state index in [-0.39, 0.29) is 25.3 Å².